The summed E-state index contributed by atoms with van der Waals surface area (Å²) in [5.41, 5.74) is 6.92. The summed E-state index contributed by atoms with van der Waals surface area (Å²) in [6, 6.07) is 10.9. The SMILES string of the molecule is COC(=O)C1=C(N)N2C(=O)C(CC(=O)O)SC2=C(C#N)C1c1ccccc1. The first-order valence-corrected chi connectivity index (χ1v) is 8.78. The molecule has 1 aromatic carbocycles. The molecule has 138 valence electrons. The fourth-order valence-electron chi connectivity index (χ4n) is 3.14. The second-order valence-corrected chi connectivity index (χ2v) is 7.03. The molecule has 0 aromatic heterocycles. The summed E-state index contributed by atoms with van der Waals surface area (Å²) >= 11 is 0.974. The molecular weight excluding hydrogens is 370 g/mol. The molecule has 1 saturated heterocycles. The number of methoxy groups -OCH3 is 1. The zero-order valence-electron chi connectivity index (χ0n) is 14.2. The quantitative estimate of drug-likeness (QED) is 0.740. The predicted molar refractivity (Wildman–Crippen MR) is 95.5 cm³/mol. The van der Waals surface area contributed by atoms with Crippen molar-refractivity contribution >= 4 is 29.6 Å². The van der Waals surface area contributed by atoms with Gasteiger partial charge in [-0.1, -0.05) is 42.1 Å². The van der Waals surface area contributed by atoms with Crippen molar-refractivity contribution in [3.8, 4) is 6.07 Å². The molecule has 27 heavy (non-hydrogen) atoms. The molecule has 8 nitrogen and oxygen atoms in total. The van der Waals surface area contributed by atoms with Gasteiger partial charge in [0.1, 0.15) is 11.1 Å². The number of nitrogens with two attached hydrogens (primary N) is 1. The number of benzene rings is 1. The summed E-state index contributed by atoms with van der Waals surface area (Å²) in [6.07, 6.45) is -0.418. The second-order valence-electron chi connectivity index (χ2n) is 5.84. The van der Waals surface area contributed by atoms with Crippen LogP contribution < -0.4 is 5.73 Å². The van der Waals surface area contributed by atoms with Crippen LogP contribution in [0.1, 0.15) is 17.9 Å². The van der Waals surface area contributed by atoms with Crippen LogP contribution in [-0.2, 0) is 19.1 Å². The standard InChI is InChI=1S/C18H15N3O5S/c1-26-18(25)14-13(9-5-3-2-4-6-9)10(8-19)17-21(15(14)20)16(24)11(27-17)7-12(22)23/h2-6,11,13H,7,20H2,1H3,(H,22,23). The van der Waals surface area contributed by atoms with E-state index in [-0.39, 0.29) is 22.0 Å². The lowest BCUT2D eigenvalue weighted by Crippen LogP contribution is -2.39. The van der Waals surface area contributed by atoms with Gasteiger partial charge in [0, 0.05) is 0 Å². The van der Waals surface area contributed by atoms with E-state index in [1.807, 2.05) is 0 Å². The van der Waals surface area contributed by atoms with E-state index in [1.54, 1.807) is 30.3 Å². The van der Waals surface area contributed by atoms with Crippen LogP contribution in [0.4, 0.5) is 0 Å². The summed E-state index contributed by atoms with van der Waals surface area (Å²) < 4.78 is 4.83. The van der Waals surface area contributed by atoms with Crippen molar-refractivity contribution in [3.63, 3.8) is 0 Å². The van der Waals surface area contributed by atoms with Crippen molar-refractivity contribution in [2.45, 2.75) is 17.6 Å². The summed E-state index contributed by atoms with van der Waals surface area (Å²) in [7, 11) is 1.18. The van der Waals surface area contributed by atoms with Crippen LogP contribution in [0.2, 0.25) is 0 Å². The third-order valence-electron chi connectivity index (χ3n) is 4.30. The molecule has 9 heteroatoms. The summed E-state index contributed by atoms with van der Waals surface area (Å²) in [4.78, 5) is 37.2. The van der Waals surface area contributed by atoms with Crippen LogP contribution in [0, 0.1) is 11.3 Å². The average Bonchev–Trinajstić information content (AvgIpc) is 2.97. The van der Waals surface area contributed by atoms with Crippen LogP contribution in [0.3, 0.4) is 0 Å². The van der Waals surface area contributed by atoms with E-state index < -0.39 is 35.4 Å². The number of carboxylic acid groups (broad SMARTS) is 1. The Hall–Kier alpha value is -3.25. The minimum absolute atomic E-state index is 0.0195. The number of hydrogen-bond acceptors (Lipinski definition) is 7. The highest BCUT2D eigenvalue weighted by Crippen LogP contribution is 2.49. The molecule has 1 aromatic rings. The van der Waals surface area contributed by atoms with Crippen LogP contribution in [0.25, 0.3) is 0 Å². The number of nitrogens with zero attached hydrogens (tertiary/aromatic N) is 2. The van der Waals surface area contributed by atoms with Crippen LogP contribution >= 0.6 is 11.8 Å². The van der Waals surface area contributed by atoms with E-state index in [4.69, 9.17) is 15.6 Å². The molecule has 2 unspecified atom stereocenters. The van der Waals surface area contributed by atoms with E-state index in [2.05, 4.69) is 6.07 Å². The molecule has 0 saturated carbocycles. The largest absolute Gasteiger partial charge is 0.481 e. The zero-order chi connectivity index (χ0) is 19.7. The number of hydrogen-bond donors (Lipinski definition) is 2. The number of amides is 1. The Labute approximate surface area is 158 Å². The number of ether oxygens (including phenoxy) is 1. The predicted octanol–water partition coefficient (Wildman–Crippen LogP) is 1.28. The summed E-state index contributed by atoms with van der Waals surface area (Å²) in [5, 5.41) is 18.2. The maximum absolute atomic E-state index is 12.7. The Morgan fingerprint density at radius 2 is 2.04 bits per heavy atom. The lowest BCUT2D eigenvalue weighted by molar-refractivity contribution is -0.139. The maximum atomic E-state index is 12.7. The van der Waals surface area contributed by atoms with Gasteiger partial charge in [-0.25, -0.2) is 4.79 Å². The number of carbonyl (C=O) groups excluding carboxylic acids is 2. The van der Waals surface area contributed by atoms with Crippen molar-refractivity contribution in [3.05, 3.63) is 57.9 Å². The number of carboxylic acids is 1. The second kappa shape index (κ2) is 7.17. The van der Waals surface area contributed by atoms with Gasteiger partial charge < -0.3 is 15.6 Å². The minimum Gasteiger partial charge on any atom is -0.481 e. The Morgan fingerprint density at radius 3 is 2.59 bits per heavy atom. The lowest BCUT2D eigenvalue weighted by atomic mass is 9.83. The van der Waals surface area contributed by atoms with Crippen molar-refractivity contribution in [2.24, 2.45) is 5.73 Å². The highest BCUT2D eigenvalue weighted by molar-refractivity contribution is 8.04. The van der Waals surface area contributed by atoms with Gasteiger partial charge in [0.25, 0.3) is 0 Å². The summed E-state index contributed by atoms with van der Waals surface area (Å²) in [6.45, 7) is 0. The average molecular weight is 385 g/mol. The maximum Gasteiger partial charge on any atom is 0.338 e. The van der Waals surface area contributed by atoms with Crippen molar-refractivity contribution < 1.29 is 24.2 Å². The fourth-order valence-corrected chi connectivity index (χ4v) is 4.43. The van der Waals surface area contributed by atoms with Gasteiger partial charge in [-0.15, -0.1) is 0 Å². The Bertz CT molecular complexity index is 932. The van der Waals surface area contributed by atoms with Crippen molar-refractivity contribution in [1.82, 2.24) is 4.90 Å². The van der Waals surface area contributed by atoms with Crippen LogP contribution in [0.5, 0.6) is 0 Å². The molecule has 2 aliphatic rings. The third-order valence-corrected chi connectivity index (χ3v) is 5.57. The number of thioether (sulfide) groups is 1. The summed E-state index contributed by atoms with van der Waals surface area (Å²) in [5.74, 6) is -3.42. The number of esters is 1. The van der Waals surface area contributed by atoms with Gasteiger partial charge >= 0.3 is 11.9 Å². The fraction of sp³-hybridized carbons (Fsp3) is 0.222. The van der Waals surface area contributed by atoms with E-state index in [0.717, 1.165) is 16.7 Å². The van der Waals surface area contributed by atoms with Crippen molar-refractivity contribution in [1.29, 1.82) is 5.26 Å². The van der Waals surface area contributed by atoms with Gasteiger partial charge in [0.05, 0.1) is 41.7 Å². The number of fused-ring (bicyclic) bond motifs is 1. The number of rotatable bonds is 4. The lowest BCUT2D eigenvalue weighted by Gasteiger charge is -2.31. The normalized spacial score (nSPS) is 21.8. The molecule has 1 fully saturated rings. The molecule has 0 spiro atoms. The number of allylic oxidation sites excluding steroid dienone is 1. The van der Waals surface area contributed by atoms with Gasteiger partial charge in [0.15, 0.2) is 0 Å². The zero-order valence-corrected chi connectivity index (χ0v) is 15.0. The van der Waals surface area contributed by atoms with Crippen molar-refractivity contribution in [2.75, 3.05) is 7.11 Å². The highest BCUT2D eigenvalue weighted by atomic mass is 32.2. The van der Waals surface area contributed by atoms with Gasteiger partial charge in [-0.2, -0.15) is 5.26 Å². The number of nitriles is 1. The third kappa shape index (κ3) is 3.04. The highest BCUT2D eigenvalue weighted by Gasteiger charge is 2.48. The van der Waals surface area contributed by atoms with Crippen LogP contribution in [0.15, 0.2) is 52.3 Å². The Balaban J connectivity index is 2.22. The molecule has 3 N–H and O–H groups in total. The molecule has 0 aliphatic carbocycles. The monoisotopic (exact) mass is 385 g/mol. The first-order chi connectivity index (χ1) is 12.9. The van der Waals surface area contributed by atoms with Gasteiger partial charge in [0.2, 0.25) is 5.91 Å². The van der Waals surface area contributed by atoms with E-state index in [1.165, 1.54) is 7.11 Å². The molecule has 0 bridgehead atoms. The molecule has 2 heterocycles. The first kappa shape index (κ1) is 18.5. The molecular formula is C18H15N3O5S. The Kier molecular flexibility index (Phi) is 4.92. The van der Waals surface area contributed by atoms with Crippen LogP contribution in [-0.4, -0.2) is 40.2 Å². The molecule has 2 aliphatic heterocycles. The molecule has 2 atom stereocenters. The number of carbonyl (C=O) groups is 3. The Morgan fingerprint density at radius 1 is 1.37 bits per heavy atom. The molecule has 3 rings (SSSR count). The molecule has 0 radical (unpaired) electrons. The smallest absolute Gasteiger partial charge is 0.338 e. The van der Waals surface area contributed by atoms with E-state index in [9.17, 15) is 19.6 Å². The van der Waals surface area contributed by atoms with E-state index >= 15 is 0 Å². The van der Waals surface area contributed by atoms with Gasteiger partial charge in [-0.3, -0.25) is 14.5 Å². The van der Waals surface area contributed by atoms with Gasteiger partial charge in [-0.05, 0) is 5.56 Å². The van der Waals surface area contributed by atoms with E-state index in [0.29, 0.717) is 5.56 Å². The first-order valence-electron chi connectivity index (χ1n) is 7.90. The molecule has 1 amide bonds. The topological polar surface area (TPSA) is 134 Å². The minimum atomic E-state index is -1.14. The number of aliphatic carboxylic acids is 1.